The van der Waals surface area contributed by atoms with Crippen molar-refractivity contribution in [2.75, 3.05) is 0 Å². The highest BCUT2D eigenvalue weighted by Crippen LogP contribution is 2.33. The minimum atomic E-state index is -0.789. The second kappa shape index (κ2) is 2.45. The number of hydrogen-bond acceptors (Lipinski definition) is 4. The van der Waals surface area contributed by atoms with Crippen molar-refractivity contribution < 1.29 is 15.1 Å². The van der Waals surface area contributed by atoms with Crippen LogP contribution in [0.15, 0.2) is 12.1 Å². The Morgan fingerprint density at radius 1 is 1.55 bits per heavy atom. The molecule has 0 aliphatic carbocycles. The summed E-state index contributed by atoms with van der Waals surface area (Å²) in [4.78, 5) is 9.31. The predicted molar refractivity (Wildman–Crippen MR) is 35.3 cm³/mol. The third-order valence-corrected chi connectivity index (χ3v) is 1.12. The molecule has 57 valence electrons. The molecule has 0 amide bonds. The Bertz CT molecular complexity index is 297. The first-order chi connectivity index (χ1) is 5.13. The van der Waals surface area contributed by atoms with Crippen molar-refractivity contribution in [1.29, 1.82) is 0 Å². The van der Waals surface area contributed by atoms with Crippen LogP contribution in [0.2, 0.25) is 0 Å². The monoisotopic (exact) mass is 154 g/mol. The fourth-order valence-corrected chi connectivity index (χ4v) is 0.615. The lowest BCUT2D eigenvalue weighted by molar-refractivity contribution is -0.386. The van der Waals surface area contributed by atoms with Gasteiger partial charge in [0.25, 0.3) is 0 Å². The van der Waals surface area contributed by atoms with E-state index in [1.165, 1.54) is 0 Å². The van der Waals surface area contributed by atoms with Gasteiger partial charge in [0, 0.05) is 12.1 Å². The van der Waals surface area contributed by atoms with Gasteiger partial charge in [-0.25, -0.2) is 0 Å². The predicted octanol–water partition coefficient (Wildman–Crippen LogP) is 0.806. The Morgan fingerprint density at radius 2 is 2.18 bits per heavy atom. The van der Waals surface area contributed by atoms with E-state index in [0.717, 1.165) is 12.1 Å². The molecule has 0 heterocycles. The molecule has 0 saturated carbocycles. The van der Waals surface area contributed by atoms with Gasteiger partial charge in [-0.2, -0.15) is 0 Å². The van der Waals surface area contributed by atoms with E-state index in [-0.39, 0.29) is 0 Å². The summed E-state index contributed by atoms with van der Waals surface area (Å²) in [5.41, 5.74) is -0.527. The van der Waals surface area contributed by atoms with E-state index < -0.39 is 22.1 Å². The molecule has 11 heavy (non-hydrogen) atoms. The van der Waals surface area contributed by atoms with Crippen molar-refractivity contribution in [3.8, 4) is 11.5 Å². The van der Waals surface area contributed by atoms with Crippen molar-refractivity contribution in [2.24, 2.45) is 0 Å². The summed E-state index contributed by atoms with van der Waals surface area (Å²) >= 11 is 0. The quantitative estimate of drug-likeness (QED) is 0.356. The Kier molecular flexibility index (Phi) is 1.63. The number of benzene rings is 1. The average molecular weight is 154 g/mol. The van der Waals surface area contributed by atoms with Gasteiger partial charge in [-0.05, 0) is 6.07 Å². The van der Waals surface area contributed by atoms with Crippen molar-refractivity contribution in [3.63, 3.8) is 0 Å². The number of aromatic hydroxyl groups is 2. The van der Waals surface area contributed by atoms with Crippen molar-refractivity contribution >= 4 is 5.69 Å². The molecular weight excluding hydrogens is 150 g/mol. The van der Waals surface area contributed by atoms with Crippen LogP contribution in [0.1, 0.15) is 0 Å². The van der Waals surface area contributed by atoms with E-state index >= 15 is 0 Å². The standard InChI is InChI=1S/C6H4NO4/c8-5-3-1-2-4(6(5)9)7(10)11/h1-2,8-9H. The Labute approximate surface area is 61.7 Å². The van der Waals surface area contributed by atoms with E-state index in [2.05, 4.69) is 6.07 Å². The van der Waals surface area contributed by atoms with Gasteiger partial charge in [0.15, 0.2) is 5.75 Å². The van der Waals surface area contributed by atoms with Crippen LogP contribution < -0.4 is 0 Å². The first-order valence-electron chi connectivity index (χ1n) is 2.70. The molecule has 0 aliphatic heterocycles. The molecule has 1 radical (unpaired) electrons. The molecule has 0 unspecified atom stereocenters. The molecular formula is C6H4NO4. The van der Waals surface area contributed by atoms with E-state index in [4.69, 9.17) is 10.2 Å². The van der Waals surface area contributed by atoms with Gasteiger partial charge in [0.1, 0.15) is 0 Å². The maximum absolute atomic E-state index is 10.1. The lowest BCUT2D eigenvalue weighted by Crippen LogP contribution is -1.87. The smallest absolute Gasteiger partial charge is 0.314 e. The molecule has 0 spiro atoms. The molecule has 1 rings (SSSR count). The molecule has 5 nitrogen and oxygen atoms in total. The summed E-state index contributed by atoms with van der Waals surface area (Å²) in [5.74, 6) is -1.36. The van der Waals surface area contributed by atoms with E-state index in [1.807, 2.05) is 0 Å². The Hall–Kier alpha value is -1.78. The largest absolute Gasteiger partial charge is 0.504 e. The molecule has 0 saturated heterocycles. The summed E-state index contributed by atoms with van der Waals surface area (Å²) in [6.45, 7) is 0. The van der Waals surface area contributed by atoms with Gasteiger partial charge in [0.05, 0.1) is 4.92 Å². The fraction of sp³-hybridized carbons (Fsp3) is 0. The number of nitro groups is 1. The van der Waals surface area contributed by atoms with Gasteiger partial charge in [0.2, 0.25) is 5.75 Å². The minimum absolute atomic E-state index is 0.527. The van der Waals surface area contributed by atoms with Crippen LogP contribution in [0.25, 0.3) is 0 Å². The molecule has 0 atom stereocenters. The van der Waals surface area contributed by atoms with Crippen LogP contribution in [0.4, 0.5) is 5.69 Å². The number of rotatable bonds is 1. The van der Waals surface area contributed by atoms with Crippen LogP contribution in [0.3, 0.4) is 0 Å². The van der Waals surface area contributed by atoms with Gasteiger partial charge in [-0.1, -0.05) is 0 Å². The van der Waals surface area contributed by atoms with Crippen LogP contribution in [-0.4, -0.2) is 15.1 Å². The molecule has 1 aromatic rings. The third-order valence-electron chi connectivity index (χ3n) is 1.12. The van der Waals surface area contributed by atoms with Gasteiger partial charge in [-0.15, -0.1) is 0 Å². The summed E-state index contributed by atoms with van der Waals surface area (Å²) in [7, 11) is 0. The van der Waals surface area contributed by atoms with Gasteiger partial charge >= 0.3 is 5.69 Å². The highest BCUT2D eigenvalue weighted by molar-refractivity contribution is 5.52. The van der Waals surface area contributed by atoms with E-state index in [0.29, 0.717) is 0 Å². The van der Waals surface area contributed by atoms with Gasteiger partial charge in [-0.3, -0.25) is 10.1 Å². The Morgan fingerprint density at radius 3 is 2.64 bits per heavy atom. The minimum Gasteiger partial charge on any atom is -0.504 e. The van der Waals surface area contributed by atoms with E-state index in [1.54, 1.807) is 0 Å². The second-order valence-electron chi connectivity index (χ2n) is 1.82. The molecule has 5 heteroatoms. The zero-order valence-corrected chi connectivity index (χ0v) is 5.31. The zero-order valence-electron chi connectivity index (χ0n) is 5.31. The highest BCUT2D eigenvalue weighted by Gasteiger charge is 2.15. The van der Waals surface area contributed by atoms with Crippen LogP contribution in [0, 0.1) is 16.2 Å². The molecule has 0 aliphatic rings. The maximum Gasteiger partial charge on any atom is 0.314 e. The Balaban J connectivity index is 3.27. The SMILES string of the molecule is O=[N+]([O-])c1cc[c]c(O)c1O. The molecule has 0 aromatic heterocycles. The summed E-state index contributed by atoms with van der Waals surface area (Å²) < 4.78 is 0. The zero-order chi connectivity index (χ0) is 8.43. The molecule has 0 fully saturated rings. The first kappa shape index (κ1) is 7.33. The summed E-state index contributed by atoms with van der Waals surface area (Å²) in [5, 5.41) is 27.7. The second-order valence-corrected chi connectivity index (χ2v) is 1.82. The molecule has 0 bridgehead atoms. The number of nitro benzene ring substituents is 1. The van der Waals surface area contributed by atoms with Crippen molar-refractivity contribution in [3.05, 3.63) is 28.3 Å². The molecule has 2 N–H and O–H groups in total. The lowest BCUT2D eigenvalue weighted by Gasteiger charge is -1.95. The number of nitrogens with zero attached hydrogens (tertiary/aromatic N) is 1. The van der Waals surface area contributed by atoms with Crippen LogP contribution in [-0.2, 0) is 0 Å². The highest BCUT2D eigenvalue weighted by atomic mass is 16.6. The van der Waals surface area contributed by atoms with E-state index in [9.17, 15) is 10.1 Å². The number of phenolic OH excluding ortho intramolecular Hbond substituents is 2. The average Bonchev–Trinajstić information content (AvgIpc) is 1.94. The lowest BCUT2D eigenvalue weighted by atomic mass is 10.3. The maximum atomic E-state index is 10.1. The fourth-order valence-electron chi connectivity index (χ4n) is 0.615. The molecule has 1 aromatic carbocycles. The van der Waals surface area contributed by atoms with Crippen LogP contribution in [0.5, 0.6) is 11.5 Å². The third kappa shape index (κ3) is 1.21. The first-order valence-corrected chi connectivity index (χ1v) is 2.70. The number of phenols is 2. The number of hydrogen-bond donors (Lipinski definition) is 2. The van der Waals surface area contributed by atoms with Crippen LogP contribution >= 0.6 is 0 Å². The van der Waals surface area contributed by atoms with Crippen molar-refractivity contribution in [2.45, 2.75) is 0 Å². The topological polar surface area (TPSA) is 83.6 Å². The van der Waals surface area contributed by atoms with Gasteiger partial charge < -0.3 is 10.2 Å². The summed E-state index contributed by atoms with van der Waals surface area (Å²) in [6.07, 6.45) is 0. The van der Waals surface area contributed by atoms with Crippen molar-refractivity contribution in [1.82, 2.24) is 0 Å². The summed E-state index contributed by atoms with van der Waals surface area (Å²) in [6, 6.07) is 4.41. The normalized spacial score (nSPS) is 9.45.